The zero-order chi connectivity index (χ0) is 20.5. The monoisotopic (exact) mass is 417 g/mol. The van der Waals surface area contributed by atoms with Crippen LogP contribution in [0.2, 0.25) is 0 Å². The number of ketones is 1. The summed E-state index contributed by atoms with van der Waals surface area (Å²) in [5, 5.41) is 30.0. The molecule has 29 heavy (non-hydrogen) atoms. The standard InChI is InChI=1S/C18H19N5O5S/c19-18-21-15-12(16(22-18)29-7-10(25)9-4-2-1-3-5-9)20-8-23(15)17-14(27)13(26)11(6-24)28-17/h1-5,8,11,13-14,17,24,26-27H,6-7H2,(H2,19,21,22)/t11-,13+,14-,17+/m0/s1. The number of hydrogen-bond donors (Lipinski definition) is 4. The van der Waals surface area contributed by atoms with Crippen LogP contribution in [-0.2, 0) is 4.74 Å². The van der Waals surface area contributed by atoms with Gasteiger partial charge in [-0.2, -0.15) is 4.98 Å². The van der Waals surface area contributed by atoms with Gasteiger partial charge in [-0.05, 0) is 0 Å². The van der Waals surface area contributed by atoms with Gasteiger partial charge < -0.3 is 25.8 Å². The number of nitrogens with zero attached hydrogens (tertiary/aromatic N) is 4. The number of carbonyl (C=O) groups excluding carboxylic acids is 1. The lowest BCUT2D eigenvalue weighted by Crippen LogP contribution is -2.33. The van der Waals surface area contributed by atoms with Gasteiger partial charge in [0.25, 0.3) is 0 Å². The highest BCUT2D eigenvalue weighted by Gasteiger charge is 2.44. The van der Waals surface area contributed by atoms with Crippen LogP contribution in [0.5, 0.6) is 0 Å². The topological polar surface area (TPSA) is 157 Å². The minimum Gasteiger partial charge on any atom is -0.394 e. The number of thioether (sulfide) groups is 1. The number of benzene rings is 1. The Kier molecular flexibility index (Phi) is 5.48. The summed E-state index contributed by atoms with van der Waals surface area (Å²) in [6, 6.07) is 8.90. The first-order valence-electron chi connectivity index (χ1n) is 8.83. The van der Waals surface area contributed by atoms with Crippen LogP contribution in [0.4, 0.5) is 5.95 Å². The summed E-state index contributed by atoms with van der Waals surface area (Å²) in [5.74, 6) is 0.0421. The van der Waals surface area contributed by atoms with Crippen LogP contribution >= 0.6 is 11.8 Å². The number of ether oxygens (including phenoxy) is 1. The number of anilines is 1. The highest BCUT2D eigenvalue weighted by Crippen LogP contribution is 2.33. The van der Waals surface area contributed by atoms with Crippen LogP contribution < -0.4 is 5.73 Å². The normalized spacial score (nSPS) is 24.2. The van der Waals surface area contributed by atoms with Crippen molar-refractivity contribution in [3.8, 4) is 0 Å². The van der Waals surface area contributed by atoms with E-state index in [1.807, 2.05) is 6.07 Å². The summed E-state index contributed by atoms with van der Waals surface area (Å²) in [5.41, 5.74) is 7.11. The summed E-state index contributed by atoms with van der Waals surface area (Å²) in [7, 11) is 0. The molecule has 0 radical (unpaired) electrons. The molecule has 0 spiro atoms. The summed E-state index contributed by atoms with van der Waals surface area (Å²) in [4.78, 5) is 25.0. The minimum absolute atomic E-state index is 0.0272. The van der Waals surface area contributed by atoms with Gasteiger partial charge >= 0.3 is 0 Å². The van der Waals surface area contributed by atoms with Gasteiger partial charge in [-0.3, -0.25) is 9.36 Å². The second kappa shape index (κ2) is 8.05. The lowest BCUT2D eigenvalue weighted by molar-refractivity contribution is -0.0511. The van der Waals surface area contributed by atoms with Crippen molar-refractivity contribution in [1.82, 2.24) is 19.5 Å². The predicted molar refractivity (Wildman–Crippen MR) is 104 cm³/mol. The fraction of sp³-hybridized carbons (Fsp3) is 0.333. The molecule has 1 saturated heterocycles. The second-order valence-corrected chi connectivity index (χ2v) is 7.48. The van der Waals surface area contributed by atoms with Crippen molar-refractivity contribution >= 4 is 34.7 Å². The molecule has 0 aliphatic carbocycles. The van der Waals surface area contributed by atoms with Gasteiger partial charge in [0.05, 0.1) is 18.7 Å². The summed E-state index contributed by atoms with van der Waals surface area (Å²) >= 11 is 1.18. The molecule has 2 aromatic heterocycles. The highest BCUT2D eigenvalue weighted by atomic mass is 32.2. The Morgan fingerprint density at radius 2 is 1.97 bits per heavy atom. The quantitative estimate of drug-likeness (QED) is 0.244. The first-order chi connectivity index (χ1) is 14.0. The SMILES string of the molecule is Nc1nc(SCC(=O)c2ccccc2)c2ncn([C@@H]3O[C@@H](CO)[C@@H](O)[C@@H]3O)c2n1. The molecule has 0 unspecified atom stereocenters. The van der Waals surface area contributed by atoms with Crippen LogP contribution in [0.1, 0.15) is 16.6 Å². The first-order valence-corrected chi connectivity index (χ1v) is 9.81. The fourth-order valence-corrected chi connectivity index (χ4v) is 4.02. The predicted octanol–water partition coefficient (Wildman–Crippen LogP) is -0.00500. The van der Waals surface area contributed by atoms with Crippen LogP contribution in [0.25, 0.3) is 11.2 Å². The van der Waals surface area contributed by atoms with Crippen molar-refractivity contribution in [3.05, 3.63) is 42.2 Å². The van der Waals surface area contributed by atoms with Crippen molar-refractivity contribution < 1.29 is 24.9 Å². The van der Waals surface area contributed by atoms with Crippen molar-refractivity contribution in [2.45, 2.75) is 29.6 Å². The van der Waals surface area contributed by atoms with E-state index in [-0.39, 0.29) is 17.5 Å². The van der Waals surface area contributed by atoms with Crippen LogP contribution in [0.15, 0.2) is 41.7 Å². The smallest absolute Gasteiger partial charge is 0.223 e. The molecule has 1 aliphatic rings. The van der Waals surface area contributed by atoms with E-state index >= 15 is 0 Å². The van der Waals surface area contributed by atoms with Crippen molar-refractivity contribution in [2.75, 3.05) is 18.1 Å². The summed E-state index contributed by atoms with van der Waals surface area (Å²) < 4.78 is 6.96. The van der Waals surface area contributed by atoms with E-state index in [2.05, 4.69) is 15.0 Å². The maximum absolute atomic E-state index is 12.4. The number of aliphatic hydroxyl groups is 3. The molecular formula is C18H19N5O5S. The molecule has 1 aliphatic heterocycles. The number of fused-ring (bicyclic) bond motifs is 1. The third-order valence-electron chi connectivity index (χ3n) is 4.63. The van der Waals surface area contributed by atoms with E-state index in [9.17, 15) is 20.1 Å². The molecule has 11 heteroatoms. The number of rotatable bonds is 6. The number of imidazole rings is 1. The number of nitrogens with two attached hydrogens (primary N) is 1. The maximum atomic E-state index is 12.4. The van der Waals surface area contributed by atoms with E-state index in [1.54, 1.807) is 24.3 Å². The maximum Gasteiger partial charge on any atom is 0.223 e. The Hall–Kier alpha value is -2.57. The molecule has 1 fully saturated rings. The fourth-order valence-electron chi connectivity index (χ4n) is 3.14. The van der Waals surface area contributed by atoms with E-state index in [4.69, 9.17) is 10.5 Å². The van der Waals surface area contributed by atoms with E-state index < -0.39 is 31.1 Å². The molecule has 5 N–H and O–H groups in total. The molecule has 4 rings (SSSR count). The first kappa shape index (κ1) is 19.7. The van der Waals surface area contributed by atoms with Gasteiger partial charge in [0.1, 0.15) is 28.9 Å². The summed E-state index contributed by atoms with van der Waals surface area (Å²) in [6.07, 6.45) is -3.06. The number of aromatic nitrogens is 4. The Morgan fingerprint density at radius 1 is 1.21 bits per heavy atom. The molecule has 3 heterocycles. The highest BCUT2D eigenvalue weighted by molar-refractivity contribution is 8.00. The molecule has 152 valence electrons. The van der Waals surface area contributed by atoms with Gasteiger partial charge in [-0.25, -0.2) is 9.97 Å². The molecule has 0 bridgehead atoms. The average Bonchev–Trinajstić information content (AvgIpc) is 3.27. The third-order valence-corrected chi connectivity index (χ3v) is 5.60. The molecule has 10 nitrogen and oxygen atoms in total. The molecule has 0 amide bonds. The summed E-state index contributed by atoms with van der Waals surface area (Å²) in [6.45, 7) is -0.443. The molecular weight excluding hydrogens is 398 g/mol. The number of Topliss-reactive ketones (excluding diaryl/α,β-unsaturated/α-hetero) is 1. The lowest BCUT2D eigenvalue weighted by Gasteiger charge is -2.16. The van der Waals surface area contributed by atoms with Crippen molar-refractivity contribution in [1.29, 1.82) is 0 Å². The number of hydrogen-bond acceptors (Lipinski definition) is 10. The van der Waals surface area contributed by atoms with Crippen molar-refractivity contribution in [2.24, 2.45) is 0 Å². The van der Waals surface area contributed by atoms with E-state index in [1.165, 1.54) is 22.7 Å². The minimum atomic E-state index is -1.28. The Morgan fingerprint density at radius 3 is 2.66 bits per heavy atom. The van der Waals surface area contributed by atoms with Crippen LogP contribution in [0, 0.1) is 0 Å². The van der Waals surface area contributed by atoms with E-state index in [0.717, 1.165) is 0 Å². The number of carbonyl (C=O) groups is 1. The van der Waals surface area contributed by atoms with Gasteiger partial charge in [-0.15, -0.1) is 0 Å². The van der Waals surface area contributed by atoms with Gasteiger partial charge in [-0.1, -0.05) is 42.1 Å². The van der Waals surface area contributed by atoms with E-state index in [0.29, 0.717) is 21.8 Å². The zero-order valence-corrected chi connectivity index (χ0v) is 15.9. The van der Waals surface area contributed by atoms with Crippen LogP contribution in [-0.4, -0.2) is 71.3 Å². The molecule has 3 aromatic rings. The largest absolute Gasteiger partial charge is 0.394 e. The lowest BCUT2D eigenvalue weighted by atomic mass is 10.1. The van der Waals surface area contributed by atoms with Crippen LogP contribution in [0.3, 0.4) is 0 Å². The van der Waals surface area contributed by atoms with Crippen molar-refractivity contribution in [3.63, 3.8) is 0 Å². The average molecular weight is 417 g/mol. The number of nitrogen functional groups attached to an aromatic ring is 1. The van der Waals surface area contributed by atoms with Gasteiger partial charge in [0, 0.05) is 5.56 Å². The second-order valence-electron chi connectivity index (χ2n) is 6.52. The third kappa shape index (κ3) is 3.70. The molecule has 4 atom stereocenters. The molecule has 1 aromatic carbocycles. The molecule has 0 saturated carbocycles. The van der Waals surface area contributed by atoms with Gasteiger partial charge in [0.2, 0.25) is 5.95 Å². The Bertz CT molecular complexity index is 1030. The van der Waals surface area contributed by atoms with Gasteiger partial charge in [0.15, 0.2) is 17.7 Å². The number of aliphatic hydroxyl groups excluding tert-OH is 3. The Balaban J connectivity index is 1.61. The Labute approximate surface area is 169 Å². The zero-order valence-electron chi connectivity index (χ0n) is 15.1.